The van der Waals surface area contributed by atoms with Crippen molar-refractivity contribution in [1.82, 2.24) is 9.97 Å². The van der Waals surface area contributed by atoms with Gasteiger partial charge in [0.25, 0.3) is 5.91 Å². The van der Waals surface area contributed by atoms with Crippen LogP contribution in [0.1, 0.15) is 29.0 Å². The first-order valence-electron chi connectivity index (χ1n) is 9.64. The van der Waals surface area contributed by atoms with E-state index in [0.717, 1.165) is 18.3 Å². The Hall–Kier alpha value is -3.82. The van der Waals surface area contributed by atoms with Crippen LogP contribution in [0, 0.1) is 5.82 Å². The van der Waals surface area contributed by atoms with Gasteiger partial charge in [-0.15, -0.1) is 0 Å². The fraction of sp³-hybridized carbons (Fsp3) is 0.182. The fourth-order valence-corrected chi connectivity index (χ4v) is 3.41. The maximum Gasteiger partial charge on any atom is 0.433 e. The maximum atomic E-state index is 14.2. The van der Waals surface area contributed by atoms with Crippen LogP contribution in [0.4, 0.5) is 28.9 Å². The van der Waals surface area contributed by atoms with Gasteiger partial charge >= 0.3 is 6.18 Å². The van der Waals surface area contributed by atoms with Crippen molar-refractivity contribution in [2.45, 2.75) is 19.0 Å². The van der Waals surface area contributed by atoms with Gasteiger partial charge in [0.2, 0.25) is 5.91 Å². The Morgan fingerprint density at radius 1 is 1.06 bits per heavy atom. The molecule has 2 aromatic heterocycles. The quantitative estimate of drug-likeness (QED) is 0.593. The van der Waals surface area contributed by atoms with Gasteiger partial charge in [-0.25, -0.2) is 14.4 Å². The minimum Gasteiger partial charge on any atom is -0.319 e. The highest BCUT2D eigenvalue weighted by Gasteiger charge is 2.32. The Morgan fingerprint density at radius 3 is 2.47 bits per heavy atom. The average molecular weight is 444 g/mol. The van der Waals surface area contributed by atoms with Crippen molar-refractivity contribution in [2.75, 3.05) is 16.8 Å². The molecule has 2 amide bonds. The summed E-state index contributed by atoms with van der Waals surface area (Å²) >= 11 is 0. The number of amides is 2. The lowest BCUT2D eigenvalue weighted by Crippen LogP contribution is -2.28. The molecule has 1 aliphatic rings. The normalized spacial score (nSPS) is 14.0. The monoisotopic (exact) mass is 444 g/mol. The number of benzene rings is 1. The summed E-state index contributed by atoms with van der Waals surface area (Å²) in [6.45, 7) is 0.364. The van der Waals surface area contributed by atoms with Crippen molar-refractivity contribution in [3.8, 4) is 11.1 Å². The van der Waals surface area contributed by atoms with Crippen LogP contribution in [0.3, 0.4) is 0 Å². The van der Waals surface area contributed by atoms with Gasteiger partial charge in [0.1, 0.15) is 11.5 Å². The summed E-state index contributed by atoms with van der Waals surface area (Å²) in [4.78, 5) is 34.1. The summed E-state index contributed by atoms with van der Waals surface area (Å²) in [7, 11) is 0. The molecule has 0 bridgehead atoms. The highest BCUT2D eigenvalue weighted by molar-refractivity contribution is 6.10. The lowest BCUT2D eigenvalue weighted by atomic mass is 10.1. The number of nitrogens with one attached hydrogen (secondary N) is 1. The van der Waals surface area contributed by atoms with Crippen LogP contribution in [-0.4, -0.2) is 28.3 Å². The predicted molar refractivity (Wildman–Crippen MR) is 108 cm³/mol. The van der Waals surface area contributed by atoms with E-state index in [1.807, 2.05) is 0 Å². The molecule has 164 valence electrons. The number of anilines is 2. The summed E-state index contributed by atoms with van der Waals surface area (Å²) in [5, 5.41) is 2.44. The van der Waals surface area contributed by atoms with E-state index in [-0.39, 0.29) is 28.5 Å². The number of carbonyl (C=O) groups excluding carboxylic acids is 2. The topological polar surface area (TPSA) is 75.2 Å². The first kappa shape index (κ1) is 21.4. The third kappa shape index (κ3) is 4.29. The van der Waals surface area contributed by atoms with Crippen LogP contribution in [-0.2, 0) is 11.0 Å². The van der Waals surface area contributed by atoms with E-state index < -0.39 is 23.6 Å². The zero-order valence-corrected chi connectivity index (χ0v) is 16.5. The molecule has 0 spiro atoms. The summed E-state index contributed by atoms with van der Waals surface area (Å²) in [6, 6.07) is 9.35. The molecule has 0 atom stereocenters. The molecular weight excluding hydrogens is 428 g/mol. The van der Waals surface area contributed by atoms with E-state index in [1.165, 1.54) is 29.3 Å². The van der Waals surface area contributed by atoms with Crippen LogP contribution in [0.15, 0.2) is 54.9 Å². The molecule has 1 N–H and O–H groups in total. The van der Waals surface area contributed by atoms with Gasteiger partial charge in [-0.05, 0) is 30.7 Å². The van der Waals surface area contributed by atoms with Crippen LogP contribution in [0.2, 0.25) is 0 Å². The number of carbonyl (C=O) groups is 2. The molecule has 0 unspecified atom stereocenters. The number of halogens is 4. The van der Waals surface area contributed by atoms with Gasteiger partial charge in [0.05, 0.1) is 17.6 Å². The standard InChI is InChI=1S/C22H16F4N4O2/c23-16-5-2-1-4-15(16)13-10-17(30-9-3-6-19(30)31)20(28-11-13)21(32)29-14-7-8-18(27-12-14)22(24,25)26/h1-2,4-5,7-8,10-12H,3,6,9H2,(H,29,32). The molecule has 4 rings (SSSR count). The molecule has 0 radical (unpaired) electrons. The largest absolute Gasteiger partial charge is 0.433 e. The minimum absolute atomic E-state index is 0.0293. The van der Waals surface area contributed by atoms with E-state index in [2.05, 4.69) is 15.3 Å². The highest BCUT2D eigenvalue weighted by atomic mass is 19.4. The SMILES string of the molecule is O=C(Nc1ccc(C(F)(F)F)nc1)c1ncc(-c2ccccc2F)cc1N1CCCC1=O. The maximum absolute atomic E-state index is 14.2. The van der Waals surface area contributed by atoms with E-state index in [1.54, 1.807) is 12.1 Å². The van der Waals surface area contributed by atoms with Crippen molar-refractivity contribution < 1.29 is 27.2 Å². The van der Waals surface area contributed by atoms with Crippen molar-refractivity contribution in [2.24, 2.45) is 0 Å². The summed E-state index contributed by atoms with van der Waals surface area (Å²) in [5.74, 6) is -1.43. The molecule has 0 saturated carbocycles. The van der Waals surface area contributed by atoms with Crippen LogP contribution in [0.5, 0.6) is 0 Å². The van der Waals surface area contributed by atoms with E-state index in [9.17, 15) is 27.2 Å². The van der Waals surface area contributed by atoms with Crippen LogP contribution in [0.25, 0.3) is 11.1 Å². The molecule has 3 aromatic rings. The summed E-state index contributed by atoms with van der Waals surface area (Å²) in [6.07, 6.45) is -1.52. The lowest BCUT2D eigenvalue weighted by Gasteiger charge is -2.20. The van der Waals surface area contributed by atoms with Crippen LogP contribution < -0.4 is 10.2 Å². The van der Waals surface area contributed by atoms with Gasteiger partial charge in [0.15, 0.2) is 5.69 Å². The molecule has 1 aromatic carbocycles. The van der Waals surface area contributed by atoms with E-state index in [4.69, 9.17) is 0 Å². The Labute approximate surface area is 179 Å². The molecule has 3 heterocycles. The number of aromatic nitrogens is 2. The number of hydrogen-bond acceptors (Lipinski definition) is 4. The van der Waals surface area contributed by atoms with E-state index in [0.29, 0.717) is 24.9 Å². The zero-order chi connectivity index (χ0) is 22.9. The van der Waals surface area contributed by atoms with Gasteiger partial charge < -0.3 is 10.2 Å². The third-order valence-electron chi connectivity index (χ3n) is 4.94. The van der Waals surface area contributed by atoms with Crippen LogP contribution >= 0.6 is 0 Å². The fourth-order valence-electron chi connectivity index (χ4n) is 3.41. The summed E-state index contributed by atoms with van der Waals surface area (Å²) < 4.78 is 52.3. The van der Waals surface area contributed by atoms with Crippen molar-refractivity contribution >= 4 is 23.2 Å². The molecule has 1 aliphatic heterocycles. The third-order valence-corrected chi connectivity index (χ3v) is 4.94. The first-order chi connectivity index (χ1) is 15.2. The number of nitrogens with zero attached hydrogens (tertiary/aromatic N) is 3. The first-order valence-corrected chi connectivity index (χ1v) is 9.64. The second kappa shape index (κ2) is 8.37. The predicted octanol–water partition coefficient (Wildman–Crippen LogP) is 4.68. The molecule has 0 aliphatic carbocycles. The van der Waals surface area contributed by atoms with Gasteiger partial charge in [0, 0.05) is 30.3 Å². The number of alkyl halides is 3. The molecule has 10 heteroatoms. The minimum atomic E-state index is -4.60. The molecule has 32 heavy (non-hydrogen) atoms. The molecular formula is C22H16F4N4O2. The number of rotatable bonds is 4. The second-order valence-corrected chi connectivity index (χ2v) is 7.10. The summed E-state index contributed by atoms with van der Waals surface area (Å²) in [5.41, 5.74) is -0.337. The Balaban J connectivity index is 1.68. The van der Waals surface area contributed by atoms with Gasteiger partial charge in [-0.1, -0.05) is 18.2 Å². The molecule has 6 nitrogen and oxygen atoms in total. The van der Waals surface area contributed by atoms with Crippen molar-refractivity contribution in [1.29, 1.82) is 0 Å². The Morgan fingerprint density at radius 2 is 1.84 bits per heavy atom. The average Bonchev–Trinajstić information content (AvgIpc) is 3.19. The van der Waals surface area contributed by atoms with E-state index >= 15 is 0 Å². The Bertz CT molecular complexity index is 1180. The van der Waals surface area contributed by atoms with Gasteiger partial charge in [-0.3, -0.25) is 9.59 Å². The van der Waals surface area contributed by atoms with Crippen molar-refractivity contribution in [3.05, 3.63) is 72.1 Å². The number of hydrogen-bond donors (Lipinski definition) is 1. The Kier molecular flexibility index (Phi) is 5.60. The zero-order valence-electron chi connectivity index (χ0n) is 16.5. The molecule has 1 fully saturated rings. The van der Waals surface area contributed by atoms with Crippen molar-refractivity contribution in [3.63, 3.8) is 0 Å². The second-order valence-electron chi connectivity index (χ2n) is 7.10. The van der Waals surface area contributed by atoms with Gasteiger partial charge in [-0.2, -0.15) is 13.2 Å². The number of pyridine rings is 2. The molecule has 1 saturated heterocycles. The lowest BCUT2D eigenvalue weighted by molar-refractivity contribution is -0.141. The smallest absolute Gasteiger partial charge is 0.319 e. The highest BCUT2D eigenvalue weighted by Crippen LogP contribution is 2.32.